The maximum absolute atomic E-state index is 5.78. The van der Waals surface area contributed by atoms with E-state index in [-0.39, 0.29) is 0 Å². The van der Waals surface area contributed by atoms with Crippen LogP contribution in [0.1, 0.15) is 31.4 Å². The average molecular weight is 258 g/mol. The molecule has 0 aliphatic heterocycles. The van der Waals surface area contributed by atoms with Gasteiger partial charge in [0.2, 0.25) is 0 Å². The molecule has 1 aromatic carbocycles. The van der Waals surface area contributed by atoms with Gasteiger partial charge in [-0.2, -0.15) is 0 Å². The van der Waals surface area contributed by atoms with Crippen LogP contribution < -0.4 is 0 Å². The predicted octanol–water partition coefficient (Wildman–Crippen LogP) is 3.48. The summed E-state index contributed by atoms with van der Waals surface area (Å²) in [7, 11) is 0. The molecule has 0 N–H and O–H groups in total. The SMILES string of the molecule is CCCCOC[C@H](Cc1ccccc1)n1ccnc1. The molecular weight excluding hydrogens is 236 g/mol. The first kappa shape index (κ1) is 13.8. The molecule has 0 bridgehead atoms. The first-order valence-electron chi connectivity index (χ1n) is 6.99. The maximum atomic E-state index is 5.78. The minimum atomic E-state index is 0.321. The summed E-state index contributed by atoms with van der Waals surface area (Å²) in [4.78, 5) is 4.14. The van der Waals surface area contributed by atoms with Gasteiger partial charge in [-0.15, -0.1) is 0 Å². The molecule has 0 fully saturated rings. The number of nitrogens with zero attached hydrogens (tertiary/aromatic N) is 2. The number of hydrogen-bond acceptors (Lipinski definition) is 2. The van der Waals surface area contributed by atoms with Crippen LogP contribution in [0.2, 0.25) is 0 Å². The molecule has 0 amide bonds. The molecule has 0 aliphatic carbocycles. The number of benzene rings is 1. The van der Waals surface area contributed by atoms with Gasteiger partial charge in [-0.3, -0.25) is 0 Å². The molecule has 19 heavy (non-hydrogen) atoms. The van der Waals surface area contributed by atoms with E-state index in [1.165, 1.54) is 12.0 Å². The van der Waals surface area contributed by atoms with Crippen molar-refractivity contribution in [1.29, 1.82) is 0 Å². The Bertz CT molecular complexity index is 439. The second-order valence-electron chi connectivity index (χ2n) is 4.78. The van der Waals surface area contributed by atoms with Crippen LogP contribution >= 0.6 is 0 Å². The lowest BCUT2D eigenvalue weighted by molar-refractivity contribution is 0.0997. The van der Waals surface area contributed by atoms with E-state index in [0.29, 0.717) is 6.04 Å². The zero-order chi connectivity index (χ0) is 13.3. The molecular formula is C16H22N2O. The number of unbranched alkanes of at least 4 members (excludes halogenated alkanes) is 1. The van der Waals surface area contributed by atoms with Gasteiger partial charge in [0.15, 0.2) is 0 Å². The van der Waals surface area contributed by atoms with Gasteiger partial charge >= 0.3 is 0 Å². The molecule has 0 saturated heterocycles. The average Bonchev–Trinajstić information content (AvgIpc) is 2.97. The first-order valence-corrected chi connectivity index (χ1v) is 6.99. The molecule has 3 nitrogen and oxygen atoms in total. The van der Waals surface area contributed by atoms with E-state index < -0.39 is 0 Å². The number of aromatic nitrogens is 2. The van der Waals surface area contributed by atoms with Crippen LogP contribution in [0.25, 0.3) is 0 Å². The number of imidazole rings is 1. The lowest BCUT2D eigenvalue weighted by Gasteiger charge is -2.18. The van der Waals surface area contributed by atoms with Crippen LogP contribution in [0.4, 0.5) is 0 Å². The summed E-state index contributed by atoms with van der Waals surface area (Å²) >= 11 is 0. The summed E-state index contributed by atoms with van der Waals surface area (Å²) in [6.45, 7) is 3.77. The van der Waals surface area contributed by atoms with Crippen molar-refractivity contribution in [1.82, 2.24) is 9.55 Å². The minimum Gasteiger partial charge on any atom is -0.379 e. The third-order valence-corrected chi connectivity index (χ3v) is 3.21. The van der Waals surface area contributed by atoms with Gasteiger partial charge in [-0.1, -0.05) is 43.7 Å². The largest absolute Gasteiger partial charge is 0.379 e. The smallest absolute Gasteiger partial charge is 0.0949 e. The Balaban J connectivity index is 1.95. The normalized spacial score (nSPS) is 12.5. The summed E-state index contributed by atoms with van der Waals surface area (Å²) in [5.41, 5.74) is 1.33. The standard InChI is InChI=1S/C16H22N2O/c1-2-3-11-19-13-16(18-10-9-17-14-18)12-15-7-5-4-6-8-15/h4-10,14,16H,2-3,11-13H2,1H3/t16-/m0/s1. The summed E-state index contributed by atoms with van der Waals surface area (Å²) in [6.07, 6.45) is 8.98. The Hall–Kier alpha value is -1.61. The van der Waals surface area contributed by atoms with E-state index in [2.05, 4.69) is 40.7 Å². The van der Waals surface area contributed by atoms with E-state index >= 15 is 0 Å². The van der Waals surface area contributed by atoms with Gasteiger partial charge in [-0.25, -0.2) is 4.98 Å². The van der Waals surface area contributed by atoms with Crippen molar-refractivity contribution < 1.29 is 4.74 Å². The van der Waals surface area contributed by atoms with Gasteiger partial charge in [0, 0.05) is 19.0 Å². The van der Waals surface area contributed by atoms with Crippen molar-refractivity contribution in [2.75, 3.05) is 13.2 Å². The number of rotatable bonds is 8. The highest BCUT2D eigenvalue weighted by atomic mass is 16.5. The Labute approximate surface area is 115 Å². The van der Waals surface area contributed by atoms with E-state index in [1.807, 2.05) is 24.8 Å². The Kier molecular flexibility index (Phi) is 5.63. The topological polar surface area (TPSA) is 27.1 Å². The Morgan fingerprint density at radius 3 is 2.79 bits per heavy atom. The fourth-order valence-electron chi connectivity index (χ4n) is 2.09. The zero-order valence-electron chi connectivity index (χ0n) is 11.5. The first-order chi connectivity index (χ1) is 9.40. The van der Waals surface area contributed by atoms with Gasteiger partial charge in [-0.05, 0) is 18.4 Å². The number of hydrogen-bond donors (Lipinski definition) is 0. The van der Waals surface area contributed by atoms with Crippen molar-refractivity contribution in [3.8, 4) is 0 Å². The maximum Gasteiger partial charge on any atom is 0.0949 e. The Morgan fingerprint density at radius 1 is 1.26 bits per heavy atom. The third kappa shape index (κ3) is 4.52. The predicted molar refractivity (Wildman–Crippen MR) is 77.1 cm³/mol. The molecule has 1 aromatic heterocycles. The molecule has 0 radical (unpaired) electrons. The second kappa shape index (κ2) is 7.74. The minimum absolute atomic E-state index is 0.321. The van der Waals surface area contributed by atoms with Crippen LogP contribution in [0.3, 0.4) is 0 Å². The van der Waals surface area contributed by atoms with E-state index in [9.17, 15) is 0 Å². The molecule has 0 unspecified atom stereocenters. The fraction of sp³-hybridized carbons (Fsp3) is 0.438. The third-order valence-electron chi connectivity index (χ3n) is 3.21. The second-order valence-corrected chi connectivity index (χ2v) is 4.78. The lowest BCUT2D eigenvalue weighted by Crippen LogP contribution is -2.17. The molecule has 2 rings (SSSR count). The summed E-state index contributed by atoms with van der Waals surface area (Å²) < 4.78 is 7.92. The van der Waals surface area contributed by atoms with Crippen molar-refractivity contribution >= 4 is 0 Å². The molecule has 102 valence electrons. The van der Waals surface area contributed by atoms with E-state index in [4.69, 9.17) is 4.74 Å². The molecule has 0 aliphatic rings. The van der Waals surface area contributed by atoms with Crippen molar-refractivity contribution in [2.24, 2.45) is 0 Å². The van der Waals surface area contributed by atoms with Crippen molar-refractivity contribution in [2.45, 2.75) is 32.2 Å². The lowest BCUT2D eigenvalue weighted by atomic mass is 10.1. The van der Waals surface area contributed by atoms with Crippen molar-refractivity contribution in [3.05, 3.63) is 54.6 Å². The molecule has 0 spiro atoms. The fourth-order valence-corrected chi connectivity index (χ4v) is 2.09. The molecule has 3 heteroatoms. The van der Waals surface area contributed by atoms with E-state index in [0.717, 1.165) is 26.1 Å². The van der Waals surface area contributed by atoms with Gasteiger partial charge in [0.25, 0.3) is 0 Å². The molecule has 1 heterocycles. The molecule has 0 saturated carbocycles. The quantitative estimate of drug-likeness (QED) is 0.678. The zero-order valence-corrected chi connectivity index (χ0v) is 11.5. The van der Waals surface area contributed by atoms with Crippen molar-refractivity contribution in [3.63, 3.8) is 0 Å². The van der Waals surface area contributed by atoms with Crippen LogP contribution in [-0.2, 0) is 11.2 Å². The van der Waals surface area contributed by atoms with Gasteiger partial charge in [0.05, 0.1) is 19.0 Å². The Morgan fingerprint density at radius 2 is 2.11 bits per heavy atom. The van der Waals surface area contributed by atoms with Crippen LogP contribution in [-0.4, -0.2) is 22.8 Å². The highest BCUT2D eigenvalue weighted by Crippen LogP contribution is 2.15. The van der Waals surface area contributed by atoms with Gasteiger partial charge < -0.3 is 9.30 Å². The monoisotopic (exact) mass is 258 g/mol. The van der Waals surface area contributed by atoms with Crippen LogP contribution in [0, 0.1) is 0 Å². The molecule has 1 atom stereocenters. The summed E-state index contributed by atoms with van der Waals surface area (Å²) in [5.74, 6) is 0. The van der Waals surface area contributed by atoms with Crippen LogP contribution in [0.15, 0.2) is 49.1 Å². The highest BCUT2D eigenvalue weighted by Gasteiger charge is 2.11. The summed E-state index contributed by atoms with van der Waals surface area (Å²) in [5, 5.41) is 0. The highest BCUT2D eigenvalue weighted by molar-refractivity contribution is 5.15. The van der Waals surface area contributed by atoms with Crippen LogP contribution in [0.5, 0.6) is 0 Å². The van der Waals surface area contributed by atoms with E-state index in [1.54, 1.807) is 0 Å². The molecule has 2 aromatic rings. The van der Waals surface area contributed by atoms with Gasteiger partial charge in [0.1, 0.15) is 0 Å². The number of ether oxygens (including phenoxy) is 1. The summed E-state index contributed by atoms with van der Waals surface area (Å²) in [6, 6.07) is 10.9.